The van der Waals surface area contributed by atoms with Gasteiger partial charge in [-0.15, -0.1) is 0 Å². The van der Waals surface area contributed by atoms with Gasteiger partial charge in [0.25, 0.3) is 0 Å². The van der Waals surface area contributed by atoms with Crippen LogP contribution in [0.1, 0.15) is 26.3 Å². The van der Waals surface area contributed by atoms with E-state index in [4.69, 9.17) is 10.5 Å². The molecule has 1 fully saturated rings. The summed E-state index contributed by atoms with van der Waals surface area (Å²) in [6, 6.07) is 9.49. The zero-order chi connectivity index (χ0) is 27.7. The van der Waals surface area contributed by atoms with Crippen LogP contribution in [-0.4, -0.2) is 55.3 Å². The SMILES string of the molecule is CC(C)(C)COc1c(N2CCN(S(=O)(=O)Cc3cccc(N)c3)CC2)cnn(-c2cc(F)cc(F)c2)c1=O. The molecular formula is C26H31F2N5O4S. The first-order valence-electron chi connectivity index (χ1n) is 12.1. The van der Waals surface area contributed by atoms with Crippen molar-refractivity contribution in [2.75, 3.05) is 43.4 Å². The molecule has 0 saturated carbocycles. The number of ether oxygens (including phenoxy) is 1. The molecule has 38 heavy (non-hydrogen) atoms. The van der Waals surface area contributed by atoms with Gasteiger partial charge in [-0.2, -0.15) is 14.1 Å². The molecular weight excluding hydrogens is 516 g/mol. The first-order chi connectivity index (χ1) is 17.8. The lowest BCUT2D eigenvalue weighted by molar-refractivity contribution is 0.195. The van der Waals surface area contributed by atoms with Gasteiger partial charge in [-0.25, -0.2) is 17.2 Å². The van der Waals surface area contributed by atoms with Crippen molar-refractivity contribution in [3.8, 4) is 11.4 Å². The molecule has 1 aromatic heterocycles. The molecule has 12 heteroatoms. The number of nitrogens with two attached hydrogens (primary N) is 1. The molecule has 0 bridgehead atoms. The van der Waals surface area contributed by atoms with Crippen LogP contribution in [0.5, 0.6) is 5.75 Å². The molecule has 0 radical (unpaired) electrons. The molecule has 204 valence electrons. The number of anilines is 2. The second kappa shape index (κ2) is 10.7. The smallest absolute Gasteiger partial charge is 0.316 e. The Bertz CT molecular complexity index is 1460. The van der Waals surface area contributed by atoms with Gasteiger partial charge >= 0.3 is 5.56 Å². The van der Waals surface area contributed by atoms with Crippen molar-refractivity contribution in [2.24, 2.45) is 5.41 Å². The van der Waals surface area contributed by atoms with E-state index in [0.29, 0.717) is 36.1 Å². The van der Waals surface area contributed by atoms with Gasteiger partial charge in [0, 0.05) is 37.9 Å². The average Bonchev–Trinajstić information content (AvgIpc) is 2.81. The van der Waals surface area contributed by atoms with E-state index in [9.17, 15) is 22.0 Å². The van der Waals surface area contributed by atoms with Crippen LogP contribution >= 0.6 is 0 Å². The first kappa shape index (κ1) is 27.5. The van der Waals surface area contributed by atoms with Crippen molar-refractivity contribution in [3.63, 3.8) is 0 Å². The highest BCUT2D eigenvalue weighted by Gasteiger charge is 2.30. The Morgan fingerprint density at radius 2 is 1.68 bits per heavy atom. The van der Waals surface area contributed by atoms with E-state index in [1.54, 1.807) is 24.3 Å². The van der Waals surface area contributed by atoms with Gasteiger partial charge in [-0.1, -0.05) is 32.9 Å². The van der Waals surface area contributed by atoms with E-state index in [1.165, 1.54) is 10.5 Å². The van der Waals surface area contributed by atoms with Crippen LogP contribution in [0, 0.1) is 17.0 Å². The second-order valence-corrected chi connectivity index (χ2v) is 12.4. The number of nitrogen functional groups attached to an aromatic ring is 1. The molecule has 0 unspecified atom stereocenters. The van der Waals surface area contributed by atoms with Crippen molar-refractivity contribution in [1.29, 1.82) is 0 Å². The van der Waals surface area contributed by atoms with Crippen molar-refractivity contribution in [1.82, 2.24) is 14.1 Å². The number of piperazine rings is 1. The highest BCUT2D eigenvalue weighted by atomic mass is 32.2. The van der Waals surface area contributed by atoms with Crippen molar-refractivity contribution in [3.05, 3.63) is 76.2 Å². The summed E-state index contributed by atoms with van der Waals surface area (Å²) in [6.07, 6.45) is 1.40. The maximum Gasteiger partial charge on any atom is 0.316 e. The monoisotopic (exact) mass is 547 g/mol. The zero-order valence-corrected chi connectivity index (χ0v) is 22.3. The Morgan fingerprint density at radius 3 is 2.29 bits per heavy atom. The number of aromatic nitrogens is 2. The lowest BCUT2D eigenvalue weighted by Crippen LogP contribution is -2.49. The molecule has 9 nitrogen and oxygen atoms in total. The van der Waals surface area contributed by atoms with Crippen molar-refractivity contribution >= 4 is 21.4 Å². The summed E-state index contributed by atoms with van der Waals surface area (Å²) in [5.74, 6) is -1.87. The number of sulfonamides is 1. The Labute approximate surface area is 220 Å². The Balaban J connectivity index is 1.59. The van der Waals surface area contributed by atoms with Crippen molar-refractivity contribution < 1.29 is 21.9 Å². The summed E-state index contributed by atoms with van der Waals surface area (Å²) in [7, 11) is -3.59. The van der Waals surface area contributed by atoms with Gasteiger partial charge in [-0.3, -0.25) is 4.79 Å². The number of benzene rings is 2. The fourth-order valence-electron chi connectivity index (χ4n) is 4.12. The molecule has 1 saturated heterocycles. The predicted octanol–water partition coefficient (Wildman–Crippen LogP) is 3.17. The summed E-state index contributed by atoms with van der Waals surface area (Å²) >= 11 is 0. The lowest BCUT2D eigenvalue weighted by atomic mass is 9.99. The molecule has 1 aliphatic heterocycles. The maximum absolute atomic E-state index is 13.8. The third kappa shape index (κ3) is 6.48. The van der Waals surface area contributed by atoms with Gasteiger partial charge in [0.2, 0.25) is 15.8 Å². The van der Waals surface area contributed by atoms with Gasteiger partial charge in [0.1, 0.15) is 17.3 Å². The second-order valence-electron chi connectivity index (χ2n) is 10.4. The molecule has 2 heterocycles. The molecule has 4 rings (SSSR count). The summed E-state index contributed by atoms with van der Waals surface area (Å²) in [5.41, 5.74) is 6.24. The van der Waals surface area contributed by atoms with Crippen molar-refractivity contribution in [2.45, 2.75) is 26.5 Å². The number of hydrogen-bond acceptors (Lipinski definition) is 7. The average molecular weight is 548 g/mol. The highest BCUT2D eigenvalue weighted by molar-refractivity contribution is 7.88. The van der Waals surface area contributed by atoms with Crippen LogP contribution in [0.25, 0.3) is 5.69 Å². The number of nitrogens with zero attached hydrogens (tertiary/aromatic N) is 4. The van der Waals surface area contributed by atoms with E-state index in [1.807, 2.05) is 25.7 Å². The normalized spacial score (nSPS) is 15.0. The summed E-state index contributed by atoms with van der Waals surface area (Å²) in [5, 5.41) is 4.15. The van der Waals surface area contributed by atoms with E-state index in [0.717, 1.165) is 16.8 Å². The van der Waals surface area contributed by atoms with E-state index >= 15 is 0 Å². The van der Waals surface area contributed by atoms with Crippen LogP contribution < -0.4 is 20.9 Å². The Kier molecular flexibility index (Phi) is 7.75. The Morgan fingerprint density at radius 1 is 1.03 bits per heavy atom. The maximum atomic E-state index is 13.8. The quantitative estimate of drug-likeness (QED) is 0.453. The van der Waals surface area contributed by atoms with E-state index in [-0.39, 0.29) is 42.3 Å². The van der Waals surface area contributed by atoms with Crippen LogP contribution in [0.4, 0.5) is 20.2 Å². The van der Waals surface area contributed by atoms with Crippen LogP contribution in [0.15, 0.2) is 53.5 Å². The zero-order valence-electron chi connectivity index (χ0n) is 21.5. The molecule has 0 atom stereocenters. The van der Waals surface area contributed by atoms with Gasteiger partial charge in [0.15, 0.2) is 0 Å². The molecule has 0 aliphatic carbocycles. The molecule has 3 aromatic rings. The van der Waals surface area contributed by atoms with Gasteiger partial charge in [-0.05, 0) is 35.2 Å². The largest absolute Gasteiger partial charge is 0.486 e. The molecule has 0 spiro atoms. The molecule has 1 aliphatic rings. The topological polar surface area (TPSA) is 111 Å². The summed E-state index contributed by atoms with van der Waals surface area (Å²) in [6.45, 7) is 7.01. The predicted molar refractivity (Wildman–Crippen MR) is 142 cm³/mol. The Hall–Kier alpha value is -3.51. The minimum atomic E-state index is -3.59. The third-order valence-corrected chi connectivity index (χ3v) is 7.78. The fourth-order valence-corrected chi connectivity index (χ4v) is 5.62. The minimum Gasteiger partial charge on any atom is -0.486 e. The molecule has 2 aromatic carbocycles. The van der Waals surface area contributed by atoms with Gasteiger partial charge < -0.3 is 15.4 Å². The standard InChI is InChI=1S/C26H31F2N5O4S/c1-26(2,3)17-37-24-23(15-30-33(25(24)34)22-13-19(27)12-20(28)14-22)31-7-9-32(10-8-31)38(35,36)16-18-5-4-6-21(29)11-18/h4-6,11-15H,7-10,16-17,29H2,1-3H3. The highest BCUT2D eigenvalue weighted by Crippen LogP contribution is 2.28. The molecule has 2 N–H and O–H groups in total. The summed E-state index contributed by atoms with van der Waals surface area (Å²) < 4.78 is 61.9. The van der Waals surface area contributed by atoms with Gasteiger partial charge in [0.05, 0.1) is 24.2 Å². The number of hydrogen-bond donors (Lipinski definition) is 1. The fraction of sp³-hybridized carbons (Fsp3) is 0.385. The van der Waals surface area contributed by atoms with E-state index in [2.05, 4.69) is 5.10 Å². The van der Waals surface area contributed by atoms with Crippen LogP contribution in [-0.2, 0) is 15.8 Å². The third-order valence-electron chi connectivity index (χ3n) is 5.93. The van der Waals surface area contributed by atoms with Crippen LogP contribution in [0.2, 0.25) is 0 Å². The van der Waals surface area contributed by atoms with E-state index < -0.39 is 27.2 Å². The summed E-state index contributed by atoms with van der Waals surface area (Å²) in [4.78, 5) is 15.2. The number of halogens is 2. The minimum absolute atomic E-state index is 0.0179. The van der Waals surface area contributed by atoms with Crippen LogP contribution in [0.3, 0.4) is 0 Å². The lowest BCUT2D eigenvalue weighted by Gasteiger charge is -2.36. The molecule has 0 amide bonds. The first-order valence-corrected chi connectivity index (χ1v) is 13.7. The number of rotatable bonds is 7.